The van der Waals surface area contributed by atoms with Gasteiger partial charge in [0.25, 0.3) is 0 Å². The van der Waals surface area contributed by atoms with E-state index in [1.165, 1.54) is 36.7 Å². The molecule has 4 N–H and O–H groups in total. The summed E-state index contributed by atoms with van der Waals surface area (Å²) < 4.78 is 0. The molecule has 0 bridgehead atoms. The van der Waals surface area contributed by atoms with Crippen molar-refractivity contribution >= 4 is 11.7 Å². The number of amides is 1. The number of nitrogens with zero attached hydrogens (tertiary/aromatic N) is 2. The summed E-state index contributed by atoms with van der Waals surface area (Å²) >= 11 is 0. The van der Waals surface area contributed by atoms with Gasteiger partial charge in [0.1, 0.15) is 5.82 Å². The molecule has 0 saturated heterocycles. The second-order valence-corrected chi connectivity index (χ2v) is 5.34. The van der Waals surface area contributed by atoms with E-state index in [-0.39, 0.29) is 0 Å². The van der Waals surface area contributed by atoms with E-state index in [1.807, 2.05) is 0 Å². The Kier molecular flexibility index (Phi) is 3.85. The second kappa shape index (κ2) is 5.95. The van der Waals surface area contributed by atoms with Crippen molar-refractivity contribution in [2.24, 2.45) is 5.73 Å². The summed E-state index contributed by atoms with van der Waals surface area (Å²) in [4.78, 5) is 15.2. The molecular formula is C15H19N5O. The minimum absolute atomic E-state index is 0.411. The largest absolute Gasteiger partial charge is 0.366 e. The Morgan fingerprint density at radius 2 is 2.14 bits per heavy atom. The predicted molar refractivity (Wildman–Crippen MR) is 79.9 cm³/mol. The Morgan fingerprint density at radius 3 is 2.90 bits per heavy atom. The topological polar surface area (TPSA) is 96.7 Å². The van der Waals surface area contributed by atoms with Crippen LogP contribution in [0.4, 0.5) is 5.82 Å². The molecule has 0 aromatic carbocycles. The number of aromatic nitrogens is 3. The van der Waals surface area contributed by atoms with E-state index in [4.69, 9.17) is 5.73 Å². The van der Waals surface area contributed by atoms with Gasteiger partial charge in [-0.15, -0.1) is 0 Å². The number of nitrogens with two attached hydrogens (primary N) is 1. The van der Waals surface area contributed by atoms with Gasteiger partial charge in [-0.25, -0.2) is 4.98 Å². The number of primary amides is 1. The first-order chi connectivity index (χ1) is 10.2. The van der Waals surface area contributed by atoms with Crippen LogP contribution in [0.3, 0.4) is 0 Å². The predicted octanol–water partition coefficient (Wildman–Crippen LogP) is 1.78. The summed E-state index contributed by atoms with van der Waals surface area (Å²) in [7, 11) is 0. The van der Waals surface area contributed by atoms with Crippen LogP contribution in [0.5, 0.6) is 0 Å². The number of carbonyl (C=O) groups is 1. The van der Waals surface area contributed by atoms with Gasteiger partial charge in [-0.2, -0.15) is 5.10 Å². The van der Waals surface area contributed by atoms with Crippen LogP contribution in [0.15, 0.2) is 18.3 Å². The van der Waals surface area contributed by atoms with Gasteiger partial charge in [0.05, 0.1) is 17.8 Å². The summed E-state index contributed by atoms with van der Waals surface area (Å²) in [6, 6.07) is 3.42. The van der Waals surface area contributed by atoms with Crippen molar-refractivity contribution in [3.05, 3.63) is 40.8 Å². The fraction of sp³-hybridized carbons (Fsp3) is 0.400. The van der Waals surface area contributed by atoms with Crippen molar-refractivity contribution in [1.29, 1.82) is 0 Å². The molecular weight excluding hydrogens is 266 g/mol. The molecule has 2 aromatic heterocycles. The SMILES string of the molecule is NC(=O)c1ccc(NCc2n[nH]c3c2CCCCC3)nc1. The number of rotatable bonds is 4. The highest BCUT2D eigenvalue weighted by molar-refractivity contribution is 5.92. The lowest BCUT2D eigenvalue weighted by atomic mass is 10.1. The molecule has 0 atom stereocenters. The molecule has 0 spiro atoms. The molecule has 1 aliphatic rings. The van der Waals surface area contributed by atoms with Crippen LogP contribution in [0.1, 0.15) is 46.6 Å². The molecule has 0 unspecified atom stereocenters. The lowest BCUT2D eigenvalue weighted by Crippen LogP contribution is -2.11. The van der Waals surface area contributed by atoms with E-state index in [0.29, 0.717) is 17.9 Å². The highest BCUT2D eigenvalue weighted by atomic mass is 16.1. The number of hydrogen-bond acceptors (Lipinski definition) is 4. The maximum absolute atomic E-state index is 11.0. The van der Waals surface area contributed by atoms with E-state index < -0.39 is 5.91 Å². The van der Waals surface area contributed by atoms with E-state index in [0.717, 1.165) is 18.5 Å². The molecule has 21 heavy (non-hydrogen) atoms. The standard InChI is InChI=1S/C15H19N5O/c16-15(21)10-6-7-14(17-8-10)18-9-13-11-4-2-1-3-5-12(11)19-20-13/h6-8H,1-5,9H2,(H2,16,21)(H,17,18)(H,19,20). The molecule has 2 heterocycles. The van der Waals surface area contributed by atoms with Crippen LogP contribution in [-0.4, -0.2) is 21.1 Å². The van der Waals surface area contributed by atoms with Gasteiger partial charge in [-0.3, -0.25) is 9.89 Å². The maximum atomic E-state index is 11.0. The monoisotopic (exact) mass is 285 g/mol. The van der Waals surface area contributed by atoms with Crippen LogP contribution in [0, 0.1) is 0 Å². The fourth-order valence-electron chi connectivity index (χ4n) is 2.69. The van der Waals surface area contributed by atoms with Crippen LogP contribution in [-0.2, 0) is 19.4 Å². The minimum atomic E-state index is -0.466. The summed E-state index contributed by atoms with van der Waals surface area (Å²) in [5.74, 6) is 0.247. The van der Waals surface area contributed by atoms with Gasteiger partial charge in [0.15, 0.2) is 0 Å². The number of carbonyl (C=O) groups excluding carboxylic acids is 1. The van der Waals surface area contributed by atoms with Gasteiger partial charge in [-0.1, -0.05) is 6.42 Å². The van der Waals surface area contributed by atoms with E-state index in [2.05, 4.69) is 20.5 Å². The van der Waals surface area contributed by atoms with Gasteiger partial charge >= 0.3 is 0 Å². The average molecular weight is 285 g/mol. The molecule has 1 amide bonds. The Morgan fingerprint density at radius 1 is 1.29 bits per heavy atom. The first-order valence-electron chi connectivity index (χ1n) is 7.29. The molecule has 0 aliphatic heterocycles. The Bertz CT molecular complexity index is 632. The normalized spacial score (nSPS) is 14.3. The number of anilines is 1. The molecule has 3 rings (SSSR count). The number of H-pyrrole nitrogens is 1. The molecule has 1 aliphatic carbocycles. The van der Waals surface area contributed by atoms with Crippen molar-refractivity contribution in [2.75, 3.05) is 5.32 Å². The minimum Gasteiger partial charge on any atom is -0.366 e. The van der Waals surface area contributed by atoms with Gasteiger partial charge in [0, 0.05) is 11.9 Å². The lowest BCUT2D eigenvalue weighted by Gasteiger charge is -2.06. The summed E-state index contributed by atoms with van der Waals surface area (Å²) in [6.45, 7) is 0.634. The Labute approximate surface area is 123 Å². The highest BCUT2D eigenvalue weighted by Crippen LogP contribution is 2.22. The smallest absolute Gasteiger partial charge is 0.250 e. The van der Waals surface area contributed by atoms with Gasteiger partial charge in [-0.05, 0) is 43.4 Å². The van der Waals surface area contributed by atoms with Crippen molar-refractivity contribution in [3.8, 4) is 0 Å². The first kappa shape index (κ1) is 13.6. The third kappa shape index (κ3) is 3.04. The zero-order chi connectivity index (χ0) is 14.7. The summed E-state index contributed by atoms with van der Waals surface area (Å²) in [6.07, 6.45) is 7.41. The number of aromatic amines is 1. The van der Waals surface area contributed by atoms with Crippen LogP contribution in [0.2, 0.25) is 0 Å². The van der Waals surface area contributed by atoms with Crippen molar-refractivity contribution in [3.63, 3.8) is 0 Å². The molecule has 6 heteroatoms. The summed E-state index contributed by atoms with van der Waals surface area (Å²) in [5, 5.41) is 10.8. The summed E-state index contributed by atoms with van der Waals surface area (Å²) in [5.41, 5.74) is 9.30. The number of nitrogens with one attached hydrogen (secondary N) is 2. The van der Waals surface area contributed by atoms with E-state index in [1.54, 1.807) is 12.1 Å². The Hall–Kier alpha value is -2.37. The number of pyridine rings is 1. The van der Waals surface area contributed by atoms with Crippen molar-refractivity contribution < 1.29 is 4.79 Å². The van der Waals surface area contributed by atoms with Crippen molar-refractivity contribution in [2.45, 2.75) is 38.6 Å². The van der Waals surface area contributed by atoms with E-state index in [9.17, 15) is 4.79 Å². The zero-order valence-electron chi connectivity index (χ0n) is 11.9. The van der Waals surface area contributed by atoms with Gasteiger partial charge in [0.2, 0.25) is 5.91 Å². The van der Waals surface area contributed by atoms with E-state index >= 15 is 0 Å². The van der Waals surface area contributed by atoms with Crippen molar-refractivity contribution in [1.82, 2.24) is 15.2 Å². The molecule has 2 aromatic rings. The molecule has 6 nitrogen and oxygen atoms in total. The third-order valence-corrected chi connectivity index (χ3v) is 3.88. The van der Waals surface area contributed by atoms with Crippen LogP contribution in [0.25, 0.3) is 0 Å². The number of hydrogen-bond donors (Lipinski definition) is 3. The first-order valence-corrected chi connectivity index (χ1v) is 7.29. The number of aryl methyl sites for hydroxylation is 1. The third-order valence-electron chi connectivity index (χ3n) is 3.88. The maximum Gasteiger partial charge on any atom is 0.250 e. The van der Waals surface area contributed by atoms with Crippen LogP contribution >= 0.6 is 0 Å². The Balaban J connectivity index is 1.67. The molecule has 110 valence electrons. The van der Waals surface area contributed by atoms with Crippen LogP contribution < -0.4 is 11.1 Å². The lowest BCUT2D eigenvalue weighted by molar-refractivity contribution is 0.1000. The second-order valence-electron chi connectivity index (χ2n) is 5.34. The molecule has 0 fully saturated rings. The molecule has 0 saturated carbocycles. The van der Waals surface area contributed by atoms with Gasteiger partial charge < -0.3 is 11.1 Å². The molecule has 0 radical (unpaired) electrons. The zero-order valence-corrected chi connectivity index (χ0v) is 11.9. The fourth-order valence-corrected chi connectivity index (χ4v) is 2.69. The number of fused-ring (bicyclic) bond motifs is 1. The highest BCUT2D eigenvalue weighted by Gasteiger charge is 2.15. The average Bonchev–Trinajstić information content (AvgIpc) is 2.72. The quantitative estimate of drug-likeness (QED) is 0.746.